The second-order valence-corrected chi connectivity index (χ2v) is 8.17. The third kappa shape index (κ3) is 11.4. The first-order chi connectivity index (χ1) is 8.55. The van der Waals surface area contributed by atoms with Crippen molar-refractivity contribution in [3.8, 4) is 0 Å². The largest absolute Gasteiger partial charge is 0.286 e. The van der Waals surface area contributed by atoms with Gasteiger partial charge in [0.05, 0.1) is 11.5 Å². The smallest absolute Gasteiger partial charge is 0.264 e. The van der Waals surface area contributed by atoms with Crippen molar-refractivity contribution in [3.05, 3.63) is 0 Å². The molecule has 0 aromatic rings. The Kier molecular flexibility index (Phi) is 8.11. The highest BCUT2D eigenvalue weighted by Crippen LogP contribution is 2.25. The molecule has 0 radical (unpaired) electrons. The van der Waals surface area contributed by atoms with Crippen molar-refractivity contribution in [2.75, 3.05) is 11.5 Å². The van der Waals surface area contributed by atoms with Crippen molar-refractivity contribution >= 4 is 20.2 Å². The van der Waals surface area contributed by atoms with E-state index >= 15 is 0 Å². The fourth-order valence-corrected chi connectivity index (χ4v) is 3.32. The maximum atomic E-state index is 10.8. The highest BCUT2D eigenvalue weighted by molar-refractivity contribution is 7.86. The summed E-state index contributed by atoms with van der Waals surface area (Å²) in [5.41, 5.74) is 0. The van der Waals surface area contributed by atoms with Gasteiger partial charge in [-0.3, -0.25) is 9.11 Å². The minimum absolute atomic E-state index is 0.0183. The van der Waals surface area contributed by atoms with Crippen LogP contribution in [0, 0.1) is 11.8 Å². The third-order valence-electron chi connectivity index (χ3n) is 3.31. The van der Waals surface area contributed by atoms with Gasteiger partial charge in [-0.2, -0.15) is 16.8 Å². The van der Waals surface area contributed by atoms with E-state index in [-0.39, 0.29) is 23.3 Å². The summed E-state index contributed by atoms with van der Waals surface area (Å²) in [4.78, 5) is 0. The molecule has 0 aliphatic heterocycles. The topological polar surface area (TPSA) is 109 Å². The van der Waals surface area contributed by atoms with Gasteiger partial charge in [-0.15, -0.1) is 0 Å². The zero-order valence-electron chi connectivity index (χ0n) is 11.4. The van der Waals surface area contributed by atoms with Crippen molar-refractivity contribution in [1.82, 2.24) is 0 Å². The summed E-state index contributed by atoms with van der Waals surface area (Å²) in [7, 11) is -7.97. The Morgan fingerprint density at radius 3 is 1.79 bits per heavy atom. The number of hydrogen-bond acceptors (Lipinski definition) is 4. The van der Waals surface area contributed by atoms with Crippen molar-refractivity contribution < 1.29 is 25.9 Å². The standard InChI is InChI=1S/C11H24O6S2/c1-3-4-5-11(7-9-19(15,16)17)10(2)6-8-18(12,13)14/h10-11H,3-9H2,1-2H3,(H,12,13,14)(H,15,16,17). The van der Waals surface area contributed by atoms with Gasteiger partial charge in [0, 0.05) is 0 Å². The predicted octanol–water partition coefficient (Wildman–Crippen LogP) is 1.98. The zero-order chi connectivity index (χ0) is 15.1. The predicted molar refractivity (Wildman–Crippen MR) is 74.2 cm³/mol. The molecule has 0 heterocycles. The van der Waals surface area contributed by atoms with E-state index in [2.05, 4.69) is 0 Å². The highest BCUT2D eigenvalue weighted by atomic mass is 32.2. The van der Waals surface area contributed by atoms with Gasteiger partial charge in [-0.25, -0.2) is 0 Å². The number of unbranched alkanes of at least 4 members (excludes halogenated alkanes) is 1. The maximum Gasteiger partial charge on any atom is 0.264 e. The first kappa shape index (κ1) is 18.8. The quantitative estimate of drug-likeness (QED) is 0.597. The van der Waals surface area contributed by atoms with Crippen LogP contribution in [0.4, 0.5) is 0 Å². The van der Waals surface area contributed by atoms with Gasteiger partial charge in [0.2, 0.25) is 0 Å². The molecule has 0 saturated heterocycles. The van der Waals surface area contributed by atoms with Gasteiger partial charge in [0.1, 0.15) is 0 Å². The SMILES string of the molecule is CCCCC(CCS(=O)(=O)O)C(C)CCS(=O)(=O)O. The van der Waals surface area contributed by atoms with Crippen LogP contribution in [0.25, 0.3) is 0 Å². The summed E-state index contributed by atoms with van der Waals surface area (Å²) in [6, 6.07) is 0. The molecule has 2 N–H and O–H groups in total. The second kappa shape index (κ2) is 8.18. The Morgan fingerprint density at radius 2 is 1.37 bits per heavy atom. The van der Waals surface area contributed by atoms with Crippen molar-refractivity contribution in [2.45, 2.75) is 46.0 Å². The number of rotatable bonds is 10. The Bertz CT molecular complexity index is 440. The second-order valence-electron chi connectivity index (χ2n) is 5.03. The zero-order valence-corrected chi connectivity index (χ0v) is 13.1. The molecule has 0 bridgehead atoms. The normalized spacial score (nSPS) is 16.2. The molecule has 0 aromatic heterocycles. The van der Waals surface area contributed by atoms with Crippen LogP contribution in [0.5, 0.6) is 0 Å². The van der Waals surface area contributed by atoms with Crippen LogP contribution in [-0.2, 0) is 20.2 Å². The molecule has 0 spiro atoms. The summed E-state index contributed by atoms with van der Waals surface area (Å²) in [6.07, 6.45) is 3.28. The van der Waals surface area contributed by atoms with Crippen molar-refractivity contribution in [2.24, 2.45) is 11.8 Å². The molecule has 0 fully saturated rings. The lowest BCUT2D eigenvalue weighted by Gasteiger charge is -2.23. The van der Waals surface area contributed by atoms with E-state index in [4.69, 9.17) is 9.11 Å². The Balaban J connectivity index is 4.46. The van der Waals surface area contributed by atoms with Gasteiger partial charge < -0.3 is 0 Å². The van der Waals surface area contributed by atoms with Crippen LogP contribution in [0.2, 0.25) is 0 Å². The van der Waals surface area contributed by atoms with Crippen LogP contribution < -0.4 is 0 Å². The van der Waals surface area contributed by atoms with Gasteiger partial charge in [0.25, 0.3) is 20.2 Å². The summed E-state index contributed by atoms with van der Waals surface area (Å²) in [5.74, 6) is -0.612. The average molecular weight is 316 g/mol. The van der Waals surface area contributed by atoms with Crippen molar-refractivity contribution in [3.63, 3.8) is 0 Å². The van der Waals surface area contributed by atoms with E-state index in [0.717, 1.165) is 19.3 Å². The van der Waals surface area contributed by atoms with Crippen molar-refractivity contribution in [1.29, 1.82) is 0 Å². The summed E-state index contributed by atoms with van der Waals surface area (Å²) < 4.78 is 60.4. The van der Waals surface area contributed by atoms with Gasteiger partial charge >= 0.3 is 0 Å². The molecular weight excluding hydrogens is 292 g/mol. The lowest BCUT2D eigenvalue weighted by molar-refractivity contribution is 0.307. The van der Waals surface area contributed by atoms with Crippen LogP contribution >= 0.6 is 0 Å². The molecule has 0 amide bonds. The lowest BCUT2D eigenvalue weighted by atomic mass is 9.85. The van der Waals surface area contributed by atoms with E-state index in [1.54, 1.807) is 0 Å². The van der Waals surface area contributed by atoms with Crippen LogP contribution in [0.1, 0.15) is 46.0 Å². The molecule has 2 unspecified atom stereocenters. The highest BCUT2D eigenvalue weighted by Gasteiger charge is 2.21. The molecule has 0 rings (SSSR count). The first-order valence-corrected chi connectivity index (χ1v) is 9.67. The summed E-state index contributed by atoms with van der Waals surface area (Å²) >= 11 is 0. The fourth-order valence-electron chi connectivity index (χ4n) is 2.05. The fraction of sp³-hybridized carbons (Fsp3) is 1.00. The molecule has 116 valence electrons. The monoisotopic (exact) mass is 316 g/mol. The first-order valence-electron chi connectivity index (χ1n) is 6.45. The average Bonchev–Trinajstić information content (AvgIpc) is 2.23. The van der Waals surface area contributed by atoms with E-state index in [1.165, 1.54) is 0 Å². The molecule has 0 aliphatic carbocycles. The molecule has 19 heavy (non-hydrogen) atoms. The Labute approximate surface area is 116 Å². The molecule has 0 aromatic carbocycles. The van der Waals surface area contributed by atoms with E-state index < -0.39 is 20.2 Å². The van der Waals surface area contributed by atoms with Gasteiger partial charge in [-0.05, 0) is 24.7 Å². The molecular formula is C11H24O6S2. The maximum absolute atomic E-state index is 10.8. The van der Waals surface area contributed by atoms with E-state index in [9.17, 15) is 16.8 Å². The van der Waals surface area contributed by atoms with Crippen LogP contribution in [0.15, 0.2) is 0 Å². The Morgan fingerprint density at radius 1 is 0.895 bits per heavy atom. The van der Waals surface area contributed by atoms with E-state index in [0.29, 0.717) is 12.8 Å². The number of hydrogen-bond donors (Lipinski definition) is 2. The molecule has 0 aliphatic rings. The summed E-state index contributed by atoms with van der Waals surface area (Å²) in [6.45, 7) is 3.86. The Hall–Kier alpha value is -0.180. The van der Waals surface area contributed by atoms with E-state index in [1.807, 2.05) is 13.8 Å². The molecule has 6 nitrogen and oxygen atoms in total. The van der Waals surface area contributed by atoms with Crippen LogP contribution in [-0.4, -0.2) is 37.4 Å². The van der Waals surface area contributed by atoms with Crippen LogP contribution in [0.3, 0.4) is 0 Å². The molecule has 2 atom stereocenters. The minimum Gasteiger partial charge on any atom is -0.286 e. The summed E-state index contributed by atoms with van der Waals surface area (Å²) in [5, 5.41) is 0. The minimum atomic E-state index is -3.99. The molecule has 8 heteroatoms. The van der Waals surface area contributed by atoms with Gasteiger partial charge in [-0.1, -0.05) is 33.1 Å². The van der Waals surface area contributed by atoms with Gasteiger partial charge in [0.15, 0.2) is 0 Å². The molecule has 0 saturated carbocycles. The lowest BCUT2D eigenvalue weighted by Crippen LogP contribution is -2.19. The third-order valence-corrected chi connectivity index (χ3v) is 4.81.